The molecule has 2 amide bonds. The molecule has 3 rings (SSSR count). The normalized spacial score (nSPS) is 19.2. The maximum atomic E-state index is 13.6. The van der Waals surface area contributed by atoms with E-state index in [-0.39, 0.29) is 23.7 Å². The van der Waals surface area contributed by atoms with E-state index in [4.69, 9.17) is 4.74 Å². The van der Waals surface area contributed by atoms with Crippen LogP contribution in [0.5, 0.6) is 0 Å². The lowest BCUT2D eigenvalue weighted by Crippen LogP contribution is -2.53. The summed E-state index contributed by atoms with van der Waals surface area (Å²) in [7, 11) is 0. The van der Waals surface area contributed by atoms with Gasteiger partial charge in [-0.3, -0.25) is 4.79 Å². The van der Waals surface area contributed by atoms with Crippen molar-refractivity contribution in [1.29, 1.82) is 0 Å². The second-order valence-electron chi connectivity index (χ2n) is 8.99. The van der Waals surface area contributed by atoms with Gasteiger partial charge in [-0.25, -0.2) is 14.2 Å². The highest BCUT2D eigenvalue weighted by Crippen LogP contribution is 2.33. The van der Waals surface area contributed by atoms with E-state index < -0.39 is 11.7 Å². The third-order valence-corrected chi connectivity index (χ3v) is 6.29. The summed E-state index contributed by atoms with van der Waals surface area (Å²) in [6.45, 7) is 10.3. The quantitative estimate of drug-likeness (QED) is 0.714. The molecule has 1 aromatic carbocycles. The van der Waals surface area contributed by atoms with Crippen molar-refractivity contribution < 1.29 is 18.7 Å². The molecule has 0 radical (unpaired) electrons. The number of aromatic nitrogens is 1. The summed E-state index contributed by atoms with van der Waals surface area (Å²) in [6, 6.07) is 5.94. The van der Waals surface area contributed by atoms with Crippen molar-refractivity contribution >= 4 is 23.3 Å². The summed E-state index contributed by atoms with van der Waals surface area (Å²) < 4.78 is 18.7. The molecule has 1 saturated heterocycles. The van der Waals surface area contributed by atoms with E-state index in [1.165, 1.54) is 23.5 Å². The zero-order valence-electron chi connectivity index (χ0n) is 18.7. The summed E-state index contributed by atoms with van der Waals surface area (Å²) in [5.41, 5.74) is 0.564. The van der Waals surface area contributed by atoms with Crippen LogP contribution in [0.1, 0.15) is 56.0 Å². The van der Waals surface area contributed by atoms with Crippen molar-refractivity contribution in [2.24, 2.45) is 5.92 Å². The lowest BCUT2D eigenvalue weighted by Gasteiger charge is -2.40. The molecule has 2 heterocycles. The van der Waals surface area contributed by atoms with E-state index in [1.54, 1.807) is 12.1 Å². The fraction of sp³-hybridized carbons (Fsp3) is 0.522. The van der Waals surface area contributed by atoms with Gasteiger partial charge in [0.2, 0.25) is 0 Å². The molecule has 168 valence electrons. The molecule has 1 N–H and O–H groups in total. The van der Waals surface area contributed by atoms with Gasteiger partial charge in [-0.15, -0.1) is 11.3 Å². The molecule has 2 atom stereocenters. The molecule has 0 unspecified atom stereocenters. The highest BCUT2D eigenvalue weighted by atomic mass is 32.1. The SMILES string of the molecule is Cc1nc(C(=O)N2CCC[C@@H](C)[C@H]2CNC(=O)OC(C)(C)C)c(-c2ccc(F)cc2)s1. The first-order valence-corrected chi connectivity index (χ1v) is 11.4. The molecule has 1 aliphatic heterocycles. The second-order valence-corrected chi connectivity index (χ2v) is 10.2. The number of rotatable bonds is 4. The third-order valence-electron chi connectivity index (χ3n) is 5.27. The Balaban J connectivity index is 1.82. The van der Waals surface area contributed by atoms with E-state index in [0.717, 1.165) is 28.3 Å². The van der Waals surface area contributed by atoms with E-state index in [2.05, 4.69) is 17.2 Å². The number of nitrogens with zero attached hydrogens (tertiary/aromatic N) is 2. The summed E-state index contributed by atoms with van der Waals surface area (Å²) in [4.78, 5) is 32.8. The summed E-state index contributed by atoms with van der Waals surface area (Å²) in [5.74, 6) is -0.260. The first-order chi connectivity index (χ1) is 14.5. The molecular weight excluding hydrogens is 417 g/mol. The van der Waals surface area contributed by atoms with Crippen LogP contribution in [-0.4, -0.2) is 46.6 Å². The molecule has 31 heavy (non-hydrogen) atoms. The number of hydrogen-bond donors (Lipinski definition) is 1. The van der Waals surface area contributed by atoms with Crippen LogP contribution < -0.4 is 5.32 Å². The van der Waals surface area contributed by atoms with Crippen molar-refractivity contribution in [3.8, 4) is 10.4 Å². The molecule has 0 aliphatic carbocycles. The van der Waals surface area contributed by atoms with Crippen molar-refractivity contribution in [3.05, 3.63) is 40.8 Å². The van der Waals surface area contributed by atoms with Crippen LogP contribution in [0, 0.1) is 18.7 Å². The van der Waals surface area contributed by atoms with Gasteiger partial charge in [0.1, 0.15) is 17.1 Å². The maximum Gasteiger partial charge on any atom is 0.407 e. The molecule has 0 bridgehead atoms. The van der Waals surface area contributed by atoms with E-state index in [1.807, 2.05) is 32.6 Å². The largest absolute Gasteiger partial charge is 0.444 e. The minimum absolute atomic E-state index is 0.156. The van der Waals surface area contributed by atoms with Gasteiger partial charge >= 0.3 is 6.09 Å². The minimum atomic E-state index is -0.583. The number of alkyl carbamates (subject to hydrolysis) is 1. The van der Waals surface area contributed by atoms with E-state index in [0.29, 0.717) is 18.8 Å². The van der Waals surface area contributed by atoms with Gasteiger partial charge in [0, 0.05) is 13.1 Å². The van der Waals surface area contributed by atoms with Crippen LogP contribution in [-0.2, 0) is 4.74 Å². The number of carbonyl (C=O) groups excluding carboxylic acids is 2. The molecule has 8 heteroatoms. The van der Waals surface area contributed by atoms with Crippen LogP contribution in [0.4, 0.5) is 9.18 Å². The number of aryl methyl sites for hydroxylation is 1. The standard InChI is InChI=1S/C23H30FN3O3S/c1-14-7-6-12-27(18(14)13-25-22(29)30-23(3,4)5)21(28)19-20(31-15(2)26-19)16-8-10-17(24)11-9-16/h8-11,14,18H,6-7,12-13H2,1-5H3,(H,25,29)/t14-,18-/m1/s1. The van der Waals surface area contributed by atoms with Crippen LogP contribution in [0.2, 0.25) is 0 Å². The highest BCUT2D eigenvalue weighted by Gasteiger charge is 2.35. The van der Waals surface area contributed by atoms with Crippen molar-refractivity contribution in [2.45, 2.75) is 59.1 Å². The predicted molar refractivity (Wildman–Crippen MR) is 120 cm³/mol. The Labute approximate surface area is 186 Å². The first-order valence-electron chi connectivity index (χ1n) is 10.6. The topological polar surface area (TPSA) is 71.5 Å². The van der Waals surface area contributed by atoms with Crippen molar-refractivity contribution in [2.75, 3.05) is 13.1 Å². The molecule has 1 aromatic heterocycles. The number of piperidine rings is 1. The smallest absolute Gasteiger partial charge is 0.407 e. The number of hydrogen-bond acceptors (Lipinski definition) is 5. The zero-order chi connectivity index (χ0) is 22.8. The zero-order valence-corrected chi connectivity index (χ0v) is 19.5. The number of likely N-dealkylation sites (tertiary alicyclic amines) is 1. The Morgan fingerprint density at radius 2 is 1.97 bits per heavy atom. The Hall–Kier alpha value is -2.48. The molecular formula is C23H30FN3O3S. The van der Waals surface area contributed by atoms with Gasteiger partial charge in [-0.1, -0.05) is 19.1 Å². The minimum Gasteiger partial charge on any atom is -0.444 e. The average Bonchev–Trinajstić information content (AvgIpc) is 3.07. The molecule has 0 spiro atoms. The van der Waals surface area contributed by atoms with Gasteiger partial charge in [0.25, 0.3) is 5.91 Å². The van der Waals surface area contributed by atoms with E-state index >= 15 is 0 Å². The van der Waals surface area contributed by atoms with Crippen LogP contribution in [0.3, 0.4) is 0 Å². The maximum absolute atomic E-state index is 13.6. The fourth-order valence-corrected chi connectivity index (χ4v) is 4.74. The lowest BCUT2D eigenvalue weighted by atomic mass is 9.90. The lowest BCUT2D eigenvalue weighted by molar-refractivity contribution is 0.0405. The number of carbonyl (C=O) groups is 2. The van der Waals surface area contributed by atoms with Gasteiger partial charge in [0.05, 0.1) is 15.9 Å². The number of benzene rings is 1. The molecule has 1 aliphatic rings. The molecule has 2 aromatic rings. The van der Waals surface area contributed by atoms with Gasteiger partial charge < -0.3 is 15.0 Å². The number of ether oxygens (including phenoxy) is 1. The fourth-order valence-electron chi connectivity index (χ4n) is 3.82. The van der Waals surface area contributed by atoms with Gasteiger partial charge in [0.15, 0.2) is 0 Å². The van der Waals surface area contributed by atoms with Gasteiger partial charge in [-0.2, -0.15) is 0 Å². The average molecular weight is 448 g/mol. The van der Waals surface area contributed by atoms with Crippen molar-refractivity contribution in [1.82, 2.24) is 15.2 Å². The molecule has 0 saturated carbocycles. The third kappa shape index (κ3) is 5.81. The monoisotopic (exact) mass is 447 g/mol. The summed E-state index contributed by atoms with van der Waals surface area (Å²) >= 11 is 1.42. The number of nitrogens with one attached hydrogen (secondary N) is 1. The van der Waals surface area contributed by atoms with Crippen molar-refractivity contribution in [3.63, 3.8) is 0 Å². The summed E-state index contributed by atoms with van der Waals surface area (Å²) in [5, 5.41) is 3.59. The van der Waals surface area contributed by atoms with Crippen LogP contribution in [0.25, 0.3) is 10.4 Å². The highest BCUT2D eigenvalue weighted by molar-refractivity contribution is 7.15. The Morgan fingerprint density at radius 1 is 1.29 bits per heavy atom. The summed E-state index contributed by atoms with van der Waals surface area (Å²) in [6.07, 6.45) is 1.38. The Kier molecular flexibility index (Phi) is 6.99. The number of amides is 2. The Morgan fingerprint density at radius 3 is 2.61 bits per heavy atom. The van der Waals surface area contributed by atoms with E-state index in [9.17, 15) is 14.0 Å². The van der Waals surface area contributed by atoms with Crippen LogP contribution >= 0.6 is 11.3 Å². The second kappa shape index (κ2) is 9.34. The predicted octanol–water partition coefficient (Wildman–Crippen LogP) is 5.02. The number of thiazole rings is 1. The molecule has 6 nitrogen and oxygen atoms in total. The van der Waals surface area contributed by atoms with Crippen LogP contribution in [0.15, 0.2) is 24.3 Å². The first kappa shape index (κ1) is 23.2. The Bertz CT molecular complexity index is 937. The molecule has 1 fully saturated rings. The van der Waals surface area contributed by atoms with Gasteiger partial charge in [-0.05, 0) is 64.2 Å². The number of halogens is 1.